The Morgan fingerprint density at radius 1 is 1.36 bits per heavy atom. The fourth-order valence-corrected chi connectivity index (χ4v) is 2.59. The van der Waals surface area contributed by atoms with E-state index in [0.29, 0.717) is 36.0 Å². The average Bonchev–Trinajstić information content (AvgIpc) is 2.51. The second-order valence-electron chi connectivity index (χ2n) is 5.56. The Morgan fingerprint density at radius 2 is 2.09 bits per heavy atom. The molecule has 6 heteroatoms. The lowest BCUT2D eigenvalue weighted by Gasteiger charge is -2.32. The van der Waals surface area contributed by atoms with Gasteiger partial charge in [0.15, 0.2) is 0 Å². The fraction of sp³-hybridized carbons (Fsp3) is 0.500. The first-order valence-electron chi connectivity index (χ1n) is 7.61. The highest BCUT2D eigenvalue weighted by atomic mass is 35.5. The number of carbonyl (C=O) groups is 2. The van der Waals surface area contributed by atoms with E-state index in [1.165, 1.54) is 0 Å². The van der Waals surface area contributed by atoms with Gasteiger partial charge in [-0.15, -0.1) is 0 Å². The van der Waals surface area contributed by atoms with Crippen LogP contribution in [-0.4, -0.2) is 48.9 Å². The van der Waals surface area contributed by atoms with E-state index in [-0.39, 0.29) is 11.8 Å². The Hall–Kier alpha value is -1.59. The summed E-state index contributed by atoms with van der Waals surface area (Å²) in [5.74, 6) is 0.0222. The maximum absolute atomic E-state index is 12.1. The predicted molar refractivity (Wildman–Crippen MR) is 87.1 cm³/mol. The Labute approximate surface area is 136 Å². The van der Waals surface area contributed by atoms with Gasteiger partial charge in [-0.1, -0.05) is 11.6 Å². The second-order valence-corrected chi connectivity index (χ2v) is 6.00. The SMILES string of the molecule is CC1CN(C(=O)CCCNC(=O)c2ccc(Cl)cc2)CCN1. The maximum Gasteiger partial charge on any atom is 0.251 e. The highest BCUT2D eigenvalue weighted by molar-refractivity contribution is 6.30. The van der Waals surface area contributed by atoms with Crippen LogP contribution in [0.2, 0.25) is 5.02 Å². The van der Waals surface area contributed by atoms with Crippen LogP contribution in [0.1, 0.15) is 30.1 Å². The van der Waals surface area contributed by atoms with E-state index in [9.17, 15) is 9.59 Å². The summed E-state index contributed by atoms with van der Waals surface area (Å²) in [6, 6.07) is 7.09. The third-order valence-corrected chi connectivity index (χ3v) is 3.93. The van der Waals surface area contributed by atoms with Crippen molar-refractivity contribution in [1.82, 2.24) is 15.5 Å². The molecule has 1 unspecified atom stereocenters. The first kappa shape index (κ1) is 16.8. The molecule has 1 saturated heterocycles. The minimum atomic E-state index is -0.139. The lowest BCUT2D eigenvalue weighted by molar-refractivity contribution is -0.132. The smallest absolute Gasteiger partial charge is 0.251 e. The summed E-state index contributed by atoms with van der Waals surface area (Å²) in [4.78, 5) is 25.8. The first-order valence-corrected chi connectivity index (χ1v) is 7.99. The van der Waals surface area contributed by atoms with Crippen LogP contribution >= 0.6 is 11.6 Å². The molecule has 120 valence electrons. The van der Waals surface area contributed by atoms with Gasteiger partial charge in [0.25, 0.3) is 5.91 Å². The molecule has 1 aromatic carbocycles. The largest absolute Gasteiger partial charge is 0.352 e. The standard InChI is InChI=1S/C16H22ClN3O2/c1-12-11-20(10-9-18-12)15(21)3-2-8-19-16(22)13-4-6-14(17)7-5-13/h4-7,12,18H,2-3,8-11H2,1H3,(H,19,22). The Morgan fingerprint density at radius 3 is 2.77 bits per heavy atom. The van der Waals surface area contributed by atoms with E-state index in [4.69, 9.17) is 11.6 Å². The Bertz CT molecular complexity index is 519. The van der Waals surface area contributed by atoms with Crippen LogP contribution in [0.15, 0.2) is 24.3 Å². The van der Waals surface area contributed by atoms with E-state index in [2.05, 4.69) is 17.6 Å². The van der Waals surface area contributed by atoms with Crippen molar-refractivity contribution in [1.29, 1.82) is 0 Å². The summed E-state index contributed by atoms with van der Waals surface area (Å²) in [7, 11) is 0. The molecule has 0 aliphatic carbocycles. The van der Waals surface area contributed by atoms with Crippen molar-refractivity contribution in [3.63, 3.8) is 0 Å². The molecule has 5 nitrogen and oxygen atoms in total. The van der Waals surface area contributed by atoms with Crippen LogP contribution in [0.5, 0.6) is 0 Å². The predicted octanol–water partition coefficient (Wildman–Crippen LogP) is 1.67. The van der Waals surface area contributed by atoms with Gasteiger partial charge < -0.3 is 15.5 Å². The van der Waals surface area contributed by atoms with Gasteiger partial charge in [-0.05, 0) is 37.6 Å². The molecule has 1 aromatic rings. The molecule has 0 radical (unpaired) electrons. The van der Waals surface area contributed by atoms with Crippen molar-refractivity contribution in [2.24, 2.45) is 0 Å². The number of hydrogen-bond acceptors (Lipinski definition) is 3. The monoisotopic (exact) mass is 323 g/mol. The third-order valence-electron chi connectivity index (χ3n) is 3.68. The van der Waals surface area contributed by atoms with Gasteiger partial charge in [0, 0.05) is 49.2 Å². The van der Waals surface area contributed by atoms with Gasteiger partial charge in [-0.25, -0.2) is 0 Å². The normalized spacial score (nSPS) is 18.1. The Kier molecular flexibility index (Phi) is 6.21. The highest BCUT2D eigenvalue weighted by Crippen LogP contribution is 2.09. The summed E-state index contributed by atoms with van der Waals surface area (Å²) in [5.41, 5.74) is 0.576. The van der Waals surface area contributed by atoms with Crippen LogP contribution < -0.4 is 10.6 Å². The number of hydrogen-bond donors (Lipinski definition) is 2. The molecule has 1 aliphatic heterocycles. The molecule has 0 aromatic heterocycles. The maximum atomic E-state index is 12.1. The van der Waals surface area contributed by atoms with Gasteiger partial charge in [0.2, 0.25) is 5.91 Å². The zero-order valence-electron chi connectivity index (χ0n) is 12.8. The summed E-state index contributed by atoms with van der Waals surface area (Å²) in [6.07, 6.45) is 1.12. The number of nitrogens with one attached hydrogen (secondary N) is 2. The molecular formula is C16H22ClN3O2. The van der Waals surface area contributed by atoms with Gasteiger partial charge in [0.1, 0.15) is 0 Å². The lowest BCUT2D eigenvalue weighted by atomic mass is 10.2. The molecular weight excluding hydrogens is 302 g/mol. The number of nitrogens with zero attached hydrogens (tertiary/aromatic N) is 1. The van der Waals surface area contributed by atoms with E-state index in [1.807, 2.05) is 4.90 Å². The van der Waals surface area contributed by atoms with Gasteiger partial charge in [0.05, 0.1) is 0 Å². The molecule has 22 heavy (non-hydrogen) atoms. The number of halogens is 1. The molecule has 1 fully saturated rings. The fourth-order valence-electron chi connectivity index (χ4n) is 2.46. The van der Waals surface area contributed by atoms with E-state index < -0.39 is 0 Å². The van der Waals surface area contributed by atoms with Crippen LogP contribution in [0.25, 0.3) is 0 Å². The molecule has 2 N–H and O–H groups in total. The second kappa shape index (κ2) is 8.15. The minimum Gasteiger partial charge on any atom is -0.352 e. The third kappa shape index (κ3) is 5.00. The molecule has 2 rings (SSSR count). The van der Waals surface area contributed by atoms with Crippen LogP contribution in [0.4, 0.5) is 0 Å². The van der Waals surface area contributed by atoms with Crippen molar-refractivity contribution in [3.8, 4) is 0 Å². The number of amides is 2. The van der Waals surface area contributed by atoms with Crippen molar-refractivity contribution in [2.75, 3.05) is 26.2 Å². The number of piperazine rings is 1. The quantitative estimate of drug-likeness (QED) is 0.810. The number of carbonyl (C=O) groups excluding carboxylic acids is 2. The summed E-state index contributed by atoms with van der Waals surface area (Å²) in [6.45, 7) is 4.94. The molecule has 0 spiro atoms. The average molecular weight is 324 g/mol. The zero-order chi connectivity index (χ0) is 15.9. The Balaban J connectivity index is 1.67. The molecule has 1 heterocycles. The van der Waals surface area contributed by atoms with Crippen molar-refractivity contribution in [2.45, 2.75) is 25.8 Å². The van der Waals surface area contributed by atoms with Gasteiger partial charge in [-0.2, -0.15) is 0 Å². The highest BCUT2D eigenvalue weighted by Gasteiger charge is 2.19. The van der Waals surface area contributed by atoms with E-state index in [0.717, 1.165) is 19.6 Å². The van der Waals surface area contributed by atoms with Crippen molar-refractivity contribution < 1.29 is 9.59 Å². The van der Waals surface area contributed by atoms with Crippen LogP contribution in [-0.2, 0) is 4.79 Å². The van der Waals surface area contributed by atoms with Crippen LogP contribution in [0.3, 0.4) is 0 Å². The van der Waals surface area contributed by atoms with Gasteiger partial charge in [-0.3, -0.25) is 9.59 Å². The first-order chi connectivity index (χ1) is 10.6. The van der Waals surface area contributed by atoms with Crippen molar-refractivity contribution in [3.05, 3.63) is 34.9 Å². The van der Waals surface area contributed by atoms with E-state index >= 15 is 0 Å². The number of benzene rings is 1. The molecule has 0 bridgehead atoms. The summed E-state index contributed by atoms with van der Waals surface area (Å²) >= 11 is 5.78. The van der Waals surface area contributed by atoms with E-state index in [1.54, 1.807) is 24.3 Å². The lowest BCUT2D eigenvalue weighted by Crippen LogP contribution is -2.51. The van der Waals surface area contributed by atoms with Crippen LogP contribution in [0, 0.1) is 0 Å². The minimum absolute atomic E-state index is 0.139. The topological polar surface area (TPSA) is 61.4 Å². The zero-order valence-corrected chi connectivity index (χ0v) is 13.5. The molecule has 1 aliphatic rings. The molecule has 1 atom stereocenters. The number of rotatable bonds is 5. The molecule has 2 amide bonds. The summed E-state index contributed by atoms with van der Waals surface area (Å²) in [5, 5.41) is 6.74. The van der Waals surface area contributed by atoms with Gasteiger partial charge >= 0.3 is 0 Å². The van der Waals surface area contributed by atoms with Crippen molar-refractivity contribution >= 4 is 23.4 Å². The summed E-state index contributed by atoms with van der Waals surface area (Å²) < 4.78 is 0. The molecule has 0 saturated carbocycles.